The van der Waals surface area contributed by atoms with Crippen molar-refractivity contribution in [3.8, 4) is 0 Å². The van der Waals surface area contributed by atoms with Crippen molar-refractivity contribution in [2.45, 2.75) is 204 Å². The van der Waals surface area contributed by atoms with Crippen LogP contribution >= 0.6 is 15.6 Å². The van der Waals surface area contributed by atoms with Crippen LogP contribution in [0.2, 0.25) is 0 Å². The van der Waals surface area contributed by atoms with E-state index in [1.54, 1.807) is 0 Å². The zero-order valence-corrected chi connectivity index (χ0v) is 42.7. The Bertz CT molecular complexity index is 1750. The average molecular weight is 1040 g/mol. The Labute approximate surface area is 413 Å². The molecule has 0 aromatic carbocycles. The van der Waals surface area contributed by atoms with E-state index in [0.29, 0.717) is 32.1 Å². The first-order chi connectivity index (χ1) is 33.3. The number of carbonyl (C=O) groups excluding carboxylic acids is 3. The van der Waals surface area contributed by atoms with Crippen LogP contribution in [0.25, 0.3) is 0 Å². The molecular weight excluding hydrogens is 954 g/mol. The molecule has 1 saturated heterocycles. The normalized spacial score (nSPS) is 30.3. The van der Waals surface area contributed by atoms with Gasteiger partial charge in [-0.1, -0.05) is 126 Å². The number of Topliss-reactive ketones (excluding diaryl/α,β-unsaturated/α-hetero) is 1. The molecule has 1 aliphatic carbocycles. The van der Waals surface area contributed by atoms with Gasteiger partial charge in [-0.15, -0.1) is 0 Å². The van der Waals surface area contributed by atoms with Gasteiger partial charge in [-0.05, 0) is 64.2 Å². The van der Waals surface area contributed by atoms with Crippen LogP contribution in [0.1, 0.15) is 149 Å². The Morgan fingerprint density at radius 1 is 0.814 bits per heavy atom. The quantitative estimate of drug-likeness (QED) is 0.0218. The monoisotopic (exact) mass is 1040 g/mol. The lowest BCUT2D eigenvalue weighted by Crippen LogP contribution is -2.56. The molecule has 1 unspecified atom stereocenters. The number of hydrogen-bond donors (Lipinski definition) is 9. The summed E-state index contributed by atoms with van der Waals surface area (Å²) >= 11 is 0. The number of carbonyl (C=O) groups is 3. The number of allylic oxidation sites excluding steroid dienone is 8. The molecule has 2 rings (SSSR count). The Morgan fingerprint density at radius 2 is 1.46 bits per heavy atom. The van der Waals surface area contributed by atoms with Crippen LogP contribution in [0.15, 0.2) is 60.8 Å². The van der Waals surface area contributed by atoms with Crippen molar-refractivity contribution in [1.82, 2.24) is 0 Å². The van der Waals surface area contributed by atoms with Gasteiger partial charge in [-0.25, -0.2) is 9.13 Å². The average Bonchev–Trinajstić information content (AvgIpc) is 3.30. The molecule has 0 aromatic heterocycles. The minimum Gasteiger partial charge on any atom is -0.462 e. The topological polar surface area (TPSA) is 314 Å². The number of aliphatic hydroxyl groups is 6. The molecule has 2 fully saturated rings. The van der Waals surface area contributed by atoms with Gasteiger partial charge in [0.05, 0.1) is 36.9 Å². The Hall–Kier alpha value is -2.71. The second-order valence-electron chi connectivity index (χ2n) is 17.9. The van der Waals surface area contributed by atoms with Crippen molar-refractivity contribution in [2.75, 3.05) is 13.2 Å². The van der Waals surface area contributed by atoms with Crippen LogP contribution in [0.5, 0.6) is 0 Å². The van der Waals surface area contributed by atoms with Gasteiger partial charge in [-0.2, -0.15) is 0 Å². The van der Waals surface area contributed by atoms with E-state index < -0.39 is 120 Å². The van der Waals surface area contributed by atoms with Gasteiger partial charge in [0.2, 0.25) is 0 Å². The van der Waals surface area contributed by atoms with Gasteiger partial charge in [-0.3, -0.25) is 28.0 Å². The van der Waals surface area contributed by atoms with Crippen molar-refractivity contribution in [3.05, 3.63) is 60.8 Å². The summed E-state index contributed by atoms with van der Waals surface area (Å²) in [7, 11) is -11.5. The maximum absolute atomic E-state index is 13.9. The first-order valence-electron chi connectivity index (χ1n) is 24.9. The van der Waals surface area contributed by atoms with Crippen molar-refractivity contribution in [1.29, 1.82) is 0 Å². The molecule has 19 nitrogen and oxygen atoms in total. The number of aliphatic hydroxyl groups excluding tert-OH is 6. The largest absolute Gasteiger partial charge is 0.472 e. The summed E-state index contributed by atoms with van der Waals surface area (Å²) in [5.74, 6) is -5.65. The molecular formula is C49H82O19P2. The minimum atomic E-state index is -5.79. The van der Waals surface area contributed by atoms with Crippen LogP contribution in [0.3, 0.4) is 0 Å². The van der Waals surface area contributed by atoms with Crippen LogP contribution in [0.4, 0.5) is 0 Å². The number of cyclic esters (lactones) is 1. The highest BCUT2D eigenvalue weighted by Gasteiger charge is 2.51. The lowest BCUT2D eigenvalue weighted by atomic mass is 9.82. The number of esters is 2. The smallest absolute Gasteiger partial charge is 0.462 e. The van der Waals surface area contributed by atoms with Crippen LogP contribution < -0.4 is 0 Å². The number of hydrogen-bond acceptors (Lipinski definition) is 16. The fourth-order valence-corrected chi connectivity index (χ4v) is 9.59. The number of ether oxygens (including phenoxy) is 2. The summed E-state index contributed by atoms with van der Waals surface area (Å²) in [6.07, 6.45) is 10.2. The third-order valence-corrected chi connectivity index (χ3v) is 13.5. The first-order valence-corrected chi connectivity index (χ1v) is 28.0. The van der Waals surface area contributed by atoms with E-state index >= 15 is 0 Å². The van der Waals surface area contributed by atoms with E-state index in [4.69, 9.17) is 23.0 Å². The third kappa shape index (κ3) is 26.8. The summed E-state index contributed by atoms with van der Waals surface area (Å²) in [5, 5.41) is 68.1. The molecule has 21 heteroatoms. The van der Waals surface area contributed by atoms with E-state index in [9.17, 15) is 68.8 Å². The molecule has 12 atom stereocenters. The van der Waals surface area contributed by atoms with Crippen molar-refractivity contribution in [3.63, 3.8) is 0 Å². The number of phosphoric acid groups is 2. The van der Waals surface area contributed by atoms with Gasteiger partial charge >= 0.3 is 27.6 Å². The zero-order valence-electron chi connectivity index (χ0n) is 40.9. The molecule has 0 aromatic rings. The standard InChI is InChI=1S/C49H82O19P2/c1-3-5-7-8-9-10-11-12-13-14-15-16-17-18-19-20-25-29-42(53)64-34-37-35-65-70(62,63)68-49-47(58)46(57)44(55)38(28-24-21-22-26-30-43(54)66-37)40(51)33-41(52)39(32-31-36(50)27-23-6-4-2)45(56)48(49)67-69(59,60)61/h5,7,9-10,12-13,15-16,31-32,36-40,44-51,55-58H,3-4,6,8,11,14,17-30,33-35H2,1-2H3,(H,62,63)(H2,59,60,61)/b7-5-,10-9-,13-12-,16-15-,32-31?/t36-,37+,38-,39-,40-,44+,45+,46-,47+,48+,49-/m0/s1. The number of ketones is 1. The molecule has 1 saturated carbocycles. The van der Waals surface area contributed by atoms with Crippen molar-refractivity contribution >= 4 is 33.4 Å². The lowest BCUT2D eigenvalue weighted by molar-refractivity contribution is -0.165. The highest BCUT2D eigenvalue weighted by atomic mass is 31.2. The summed E-state index contributed by atoms with van der Waals surface area (Å²) in [4.78, 5) is 70.6. The van der Waals surface area contributed by atoms with Crippen LogP contribution in [-0.4, -0.2) is 131 Å². The van der Waals surface area contributed by atoms with Gasteiger partial charge < -0.3 is 54.8 Å². The highest BCUT2D eigenvalue weighted by Crippen LogP contribution is 2.49. The lowest BCUT2D eigenvalue weighted by Gasteiger charge is -2.38. The molecule has 1 aliphatic heterocycles. The summed E-state index contributed by atoms with van der Waals surface area (Å²) < 4.78 is 52.1. The predicted octanol–water partition coefficient (Wildman–Crippen LogP) is 6.43. The molecule has 0 spiro atoms. The molecule has 402 valence electrons. The van der Waals surface area contributed by atoms with E-state index in [2.05, 4.69) is 55.5 Å². The molecule has 2 bridgehead atoms. The predicted molar refractivity (Wildman–Crippen MR) is 260 cm³/mol. The molecule has 70 heavy (non-hydrogen) atoms. The number of fused-ring (bicyclic) bond motifs is 4. The second kappa shape index (κ2) is 35.4. The van der Waals surface area contributed by atoms with E-state index in [1.165, 1.54) is 0 Å². The Kier molecular flexibility index (Phi) is 32.1. The summed E-state index contributed by atoms with van der Waals surface area (Å²) in [6.45, 7) is 2.43. The van der Waals surface area contributed by atoms with E-state index in [1.807, 2.05) is 6.92 Å². The zero-order chi connectivity index (χ0) is 52.0. The van der Waals surface area contributed by atoms with Gasteiger partial charge in [0.15, 0.2) is 6.10 Å². The number of unbranched alkanes of at least 4 members (excludes halogenated alkanes) is 6. The summed E-state index contributed by atoms with van der Waals surface area (Å²) in [6, 6.07) is 0. The maximum atomic E-state index is 13.9. The highest BCUT2D eigenvalue weighted by molar-refractivity contribution is 7.47. The molecule has 2 aliphatic rings. The molecule has 0 radical (unpaired) electrons. The number of phosphoric ester groups is 2. The summed E-state index contributed by atoms with van der Waals surface area (Å²) in [5.41, 5.74) is 0. The van der Waals surface area contributed by atoms with E-state index in [-0.39, 0.29) is 32.1 Å². The van der Waals surface area contributed by atoms with Gasteiger partial charge in [0, 0.05) is 25.2 Å². The van der Waals surface area contributed by atoms with Crippen molar-refractivity contribution < 1.29 is 91.9 Å². The minimum absolute atomic E-state index is 0.0263. The fraction of sp³-hybridized carbons (Fsp3) is 0.735. The molecule has 1 heterocycles. The second-order valence-corrected chi connectivity index (χ2v) is 20.5. The van der Waals surface area contributed by atoms with Gasteiger partial charge in [0.1, 0.15) is 36.8 Å². The Morgan fingerprint density at radius 3 is 2.11 bits per heavy atom. The fourth-order valence-electron chi connectivity index (χ4n) is 8.06. The van der Waals surface area contributed by atoms with Gasteiger partial charge in [0.25, 0.3) is 0 Å². The SMILES string of the molecule is CC/C=C\C/C=C\C/C=C\C/C=C\CCCCCCC(=O)OC[C@@H]1COP(=O)(O)O[C@H]2[C@H](O)[C@@H](O)[C@H](O)[C@@H](CCCCCCC(=O)O1)[C@@H](O)CC(=O)[C@H](C=C[C@@H](O)CCCCC)[C@@H](O)[C@H]2OP(=O)(O)O. The maximum Gasteiger partial charge on any atom is 0.472 e. The first kappa shape index (κ1) is 63.4. The molecule has 0 amide bonds. The van der Waals surface area contributed by atoms with E-state index in [0.717, 1.165) is 76.4 Å². The Balaban J connectivity index is 2.26. The number of rotatable bonds is 24. The molecule has 9 N–H and O–H groups in total. The van der Waals surface area contributed by atoms with Crippen LogP contribution in [-0.2, 0) is 46.6 Å². The van der Waals surface area contributed by atoms with Crippen LogP contribution in [0, 0.1) is 11.8 Å². The third-order valence-electron chi connectivity index (χ3n) is 12.0. The van der Waals surface area contributed by atoms with Crippen molar-refractivity contribution in [2.24, 2.45) is 11.8 Å².